The van der Waals surface area contributed by atoms with Crippen LogP contribution in [0.3, 0.4) is 0 Å². The number of rotatable bonds is 8. The molecule has 20 heavy (non-hydrogen) atoms. The monoisotopic (exact) mass is 298 g/mol. The molecule has 110 valence electrons. The molecule has 2 N–H and O–H groups in total. The number of carbonyl (C=O) groups excluding carboxylic acids is 2. The van der Waals surface area contributed by atoms with Crippen LogP contribution in [0, 0.1) is 0 Å². The predicted molar refractivity (Wildman–Crippen MR) is 77.6 cm³/mol. The quantitative estimate of drug-likeness (QED) is 0.570. The molecule has 6 heteroatoms. The molecule has 0 atom stereocenters. The Labute approximate surface area is 123 Å². The summed E-state index contributed by atoms with van der Waals surface area (Å²) in [5, 5.41) is 5.34. The zero-order valence-corrected chi connectivity index (χ0v) is 12.0. The maximum atomic E-state index is 11.5. The number of benzene rings is 1. The van der Waals surface area contributed by atoms with Gasteiger partial charge in [0, 0.05) is 19.5 Å². The molecule has 1 rings (SSSR count). The van der Waals surface area contributed by atoms with Crippen molar-refractivity contribution in [3.8, 4) is 0 Å². The van der Waals surface area contributed by atoms with Crippen molar-refractivity contribution in [3.05, 3.63) is 35.9 Å². The molecule has 0 aromatic heterocycles. The second kappa shape index (κ2) is 10.1. The van der Waals surface area contributed by atoms with E-state index in [1.54, 1.807) is 0 Å². The Bertz CT molecular complexity index is 412. The van der Waals surface area contributed by atoms with Crippen molar-refractivity contribution in [2.45, 2.75) is 19.3 Å². The van der Waals surface area contributed by atoms with Gasteiger partial charge in [-0.25, -0.2) is 4.79 Å². The molecule has 1 aromatic rings. The highest BCUT2D eigenvalue weighted by atomic mass is 35.5. The Morgan fingerprint density at radius 2 is 1.85 bits per heavy atom. The van der Waals surface area contributed by atoms with E-state index < -0.39 is 6.09 Å². The average molecular weight is 299 g/mol. The lowest BCUT2D eigenvalue weighted by Gasteiger charge is -2.06. The number of alkyl carbamates (subject to hydrolysis) is 1. The van der Waals surface area contributed by atoms with E-state index in [4.69, 9.17) is 11.6 Å². The van der Waals surface area contributed by atoms with E-state index in [0.717, 1.165) is 6.42 Å². The molecule has 0 aliphatic carbocycles. The molecular weight excluding hydrogens is 280 g/mol. The van der Waals surface area contributed by atoms with Crippen LogP contribution in [-0.4, -0.2) is 31.2 Å². The normalized spacial score (nSPS) is 9.85. The summed E-state index contributed by atoms with van der Waals surface area (Å²) in [7, 11) is 0. The minimum absolute atomic E-state index is 0.0200. The van der Waals surface area contributed by atoms with Crippen molar-refractivity contribution < 1.29 is 14.3 Å². The number of nitrogens with one attached hydrogen (secondary N) is 2. The van der Waals surface area contributed by atoms with Crippen LogP contribution in [0.15, 0.2) is 30.3 Å². The first-order valence-electron chi connectivity index (χ1n) is 6.49. The molecule has 2 amide bonds. The van der Waals surface area contributed by atoms with Gasteiger partial charge in [0.1, 0.15) is 0 Å². The maximum absolute atomic E-state index is 11.5. The minimum Gasteiger partial charge on any atom is -0.433 e. The first-order valence-corrected chi connectivity index (χ1v) is 7.03. The molecule has 0 saturated heterocycles. The molecule has 0 radical (unpaired) electrons. The van der Waals surface area contributed by atoms with Crippen LogP contribution in [0.25, 0.3) is 0 Å². The molecule has 1 aromatic carbocycles. The third-order valence-corrected chi connectivity index (χ3v) is 2.72. The molecule has 0 spiro atoms. The van der Waals surface area contributed by atoms with Crippen molar-refractivity contribution in [1.82, 2.24) is 10.6 Å². The van der Waals surface area contributed by atoms with E-state index in [2.05, 4.69) is 15.4 Å². The highest BCUT2D eigenvalue weighted by molar-refractivity contribution is 6.17. The van der Waals surface area contributed by atoms with Gasteiger partial charge in [-0.1, -0.05) is 41.9 Å². The number of amides is 2. The molecule has 0 fully saturated rings. The van der Waals surface area contributed by atoms with Crippen LogP contribution < -0.4 is 10.6 Å². The number of hydrogen-bond donors (Lipinski definition) is 2. The van der Waals surface area contributed by atoms with E-state index in [-0.39, 0.29) is 12.0 Å². The van der Waals surface area contributed by atoms with Gasteiger partial charge in [-0.05, 0) is 18.4 Å². The van der Waals surface area contributed by atoms with Gasteiger partial charge in [0.25, 0.3) is 0 Å². The third kappa shape index (κ3) is 7.63. The van der Waals surface area contributed by atoms with Gasteiger partial charge in [0.05, 0.1) is 0 Å². The Morgan fingerprint density at radius 3 is 2.55 bits per heavy atom. The standard InChI is InChI=1S/C14H19ClN2O3/c15-11-20-14(19)17-9-4-7-13(18)16-10-8-12-5-2-1-3-6-12/h1-3,5-6H,4,7-11H2,(H,16,18)(H,17,19). The predicted octanol–water partition coefficient (Wildman–Crippen LogP) is 2.05. The molecule has 5 nitrogen and oxygen atoms in total. The minimum atomic E-state index is -0.565. The van der Waals surface area contributed by atoms with Gasteiger partial charge in [-0.2, -0.15) is 0 Å². The first-order chi connectivity index (χ1) is 9.72. The first kappa shape index (κ1) is 16.3. The summed E-state index contributed by atoms with van der Waals surface area (Å²) in [5.41, 5.74) is 1.19. The van der Waals surface area contributed by atoms with Gasteiger partial charge < -0.3 is 15.4 Å². The SMILES string of the molecule is O=C(CCCNC(=O)OCCl)NCCc1ccccc1. The lowest BCUT2D eigenvalue weighted by atomic mass is 10.1. The van der Waals surface area contributed by atoms with Crippen LogP contribution in [-0.2, 0) is 16.0 Å². The topological polar surface area (TPSA) is 67.4 Å². The van der Waals surface area contributed by atoms with Gasteiger partial charge in [0.15, 0.2) is 6.07 Å². The van der Waals surface area contributed by atoms with Gasteiger partial charge >= 0.3 is 6.09 Å². The molecule has 0 saturated carbocycles. The third-order valence-electron chi connectivity index (χ3n) is 2.61. The van der Waals surface area contributed by atoms with Gasteiger partial charge in [-0.3, -0.25) is 4.79 Å². The van der Waals surface area contributed by atoms with E-state index in [1.807, 2.05) is 30.3 Å². The fourth-order valence-electron chi connectivity index (χ4n) is 1.62. The summed E-state index contributed by atoms with van der Waals surface area (Å²) < 4.78 is 4.48. The number of carbonyl (C=O) groups is 2. The second-order valence-corrected chi connectivity index (χ2v) is 4.38. The zero-order valence-electron chi connectivity index (χ0n) is 11.2. The smallest absolute Gasteiger partial charge is 0.408 e. The number of halogens is 1. The van der Waals surface area contributed by atoms with Crippen LogP contribution in [0.1, 0.15) is 18.4 Å². The Balaban J connectivity index is 2.02. The van der Waals surface area contributed by atoms with Gasteiger partial charge in [0.2, 0.25) is 5.91 Å². The van der Waals surface area contributed by atoms with Gasteiger partial charge in [-0.15, -0.1) is 0 Å². The molecule has 0 unspecified atom stereocenters. The number of ether oxygens (including phenoxy) is 1. The molecule has 0 heterocycles. The van der Waals surface area contributed by atoms with E-state index in [9.17, 15) is 9.59 Å². The highest BCUT2D eigenvalue weighted by Gasteiger charge is 2.03. The van der Waals surface area contributed by atoms with Crippen molar-refractivity contribution in [2.24, 2.45) is 0 Å². The van der Waals surface area contributed by atoms with E-state index >= 15 is 0 Å². The molecule has 0 aliphatic heterocycles. The van der Waals surface area contributed by atoms with Crippen molar-refractivity contribution in [1.29, 1.82) is 0 Å². The lowest BCUT2D eigenvalue weighted by Crippen LogP contribution is -2.28. The Morgan fingerprint density at radius 1 is 1.10 bits per heavy atom. The fourth-order valence-corrected chi connectivity index (χ4v) is 1.72. The summed E-state index contributed by atoms with van der Waals surface area (Å²) in [6.45, 7) is 1.01. The molecule has 0 aliphatic rings. The highest BCUT2D eigenvalue weighted by Crippen LogP contribution is 1.98. The summed E-state index contributed by atoms with van der Waals surface area (Å²) in [6, 6.07) is 9.79. The fraction of sp³-hybridized carbons (Fsp3) is 0.429. The van der Waals surface area contributed by atoms with Crippen molar-refractivity contribution in [3.63, 3.8) is 0 Å². The van der Waals surface area contributed by atoms with Crippen LogP contribution in [0.2, 0.25) is 0 Å². The largest absolute Gasteiger partial charge is 0.433 e. The average Bonchev–Trinajstić information content (AvgIpc) is 2.45. The van der Waals surface area contributed by atoms with Crippen LogP contribution >= 0.6 is 11.6 Å². The zero-order chi connectivity index (χ0) is 14.6. The van der Waals surface area contributed by atoms with Crippen molar-refractivity contribution in [2.75, 3.05) is 19.2 Å². The lowest BCUT2D eigenvalue weighted by molar-refractivity contribution is -0.121. The van der Waals surface area contributed by atoms with Crippen LogP contribution in [0.4, 0.5) is 4.79 Å². The number of alkyl halides is 1. The van der Waals surface area contributed by atoms with E-state index in [1.165, 1.54) is 5.56 Å². The summed E-state index contributed by atoms with van der Waals surface area (Å²) >= 11 is 5.22. The van der Waals surface area contributed by atoms with Crippen molar-refractivity contribution >= 4 is 23.6 Å². The second-order valence-electron chi connectivity index (χ2n) is 4.16. The summed E-state index contributed by atoms with van der Waals surface area (Å²) in [6.07, 6.45) is 1.18. The number of hydrogen-bond acceptors (Lipinski definition) is 3. The Hall–Kier alpha value is -1.75. The molecule has 0 bridgehead atoms. The maximum Gasteiger partial charge on any atom is 0.408 e. The van der Waals surface area contributed by atoms with Crippen LogP contribution in [0.5, 0.6) is 0 Å². The molecular formula is C14H19ClN2O3. The summed E-state index contributed by atoms with van der Waals surface area (Å²) in [4.78, 5) is 22.4. The Kier molecular flexibility index (Phi) is 8.22. The summed E-state index contributed by atoms with van der Waals surface area (Å²) in [5.74, 6) is -0.0200. The van der Waals surface area contributed by atoms with E-state index in [0.29, 0.717) is 25.9 Å².